The fourth-order valence-corrected chi connectivity index (χ4v) is 4.77. The molecule has 0 radical (unpaired) electrons. The van der Waals surface area contributed by atoms with Gasteiger partial charge in [-0.25, -0.2) is 0 Å². The molecule has 4 atom stereocenters. The van der Waals surface area contributed by atoms with E-state index in [0.717, 1.165) is 18.7 Å². The minimum absolute atomic E-state index is 0.0397. The highest BCUT2D eigenvalue weighted by molar-refractivity contribution is 5.85. The fraction of sp³-hybridized carbons (Fsp3) is 0.720. The first-order chi connectivity index (χ1) is 14.9. The summed E-state index contributed by atoms with van der Waals surface area (Å²) < 4.78 is 25.3. The fourth-order valence-electron chi connectivity index (χ4n) is 4.77. The van der Waals surface area contributed by atoms with Gasteiger partial charge < -0.3 is 24.3 Å². The summed E-state index contributed by atoms with van der Waals surface area (Å²) in [5.41, 5.74) is 0.0718. The lowest BCUT2D eigenvalue weighted by molar-refractivity contribution is -0.182. The van der Waals surface area contributed by atoms with Crippen molar-refractivity contribution in [2.45, 2.75) is 88.7 Å². The third kappa shape index (κ3) is 5.14. The van der Waals surface area contributed by atoms with Crippen LogP contribution >= 0.6 is 0 Å². The van der Waals surface area contributed by atoms with Crippen molar-refractivity contribution in [2.24, 2.45) is 11.8 Å². The second-order valence-corrected chi connectivity index (χ2v) is 10.3. The Kier molecular flexibility index (Phi) is 5.84. The minimum Gasteiger partial charge on any atom is -0.375 e. The Balaban J connectivity index is 1.37. The van der Waals surface area contributed by atoms with E-state index in [4.69, 9.17) is 18.9 Å². The maximum absolute atomic E-state index is 13.5. The van der Waals surface area contributed by atoms with Crippen molar-refractivity contribution in [1.82, 2.24) is 5.32 Å². The van der Waals surface area contributed by atoms with Crippen molar-refractivity contribution in [2.75, 3.05) is 13.2 Å². The highest BCUT2D eigenvalue weighted by Gasteiger charge is 2.58. The molecule has 6 heteroatoms. The Bertz CT molecular complexity index is 775. The third-order valence-corrected chi connectivity index (χ3v) is 6.91. The lowest BCUT2D eigenvalue weighted by Gasteiger charge is -2.43. The van der Waals surface area contributed by atoms with Gasteiger partial charge in [-0.2, -0.15) is 0 Å². The Hall–Kier alpha value is -1.47. The zero-order chi connectivity index (χ0) is 21.5. The maximum Gasteiger partial charge on any atom is 0.252 e. The van der Waals surface area contributed by atoms with Crippen LogP contribution in [0.5, 0.6) is 0 Å². The second-order valence-electron chi connectivity index (χ2n) is 10.3. The molecule has 0 unspecified atom stereocenters. The zero-order valence-corrected chi connectivity index (χ0v) is 18.7. The van der Waals surface area contributed by atoms with Crippen LogP contribution in [0.15, 0.2) is 30.3 Å². The molecule has 3 aliphatic carbocycles. The lowest BCUT2D eigenvalue weighted by atomic mass is 9.78. The molecule has 5 rings (SSSR count). The number of benzene rings is 1. The van der Waals surface area contributed by atoms with E-state index in [1.165, 1.54) is 25.7 Å². The van der Waals surface area contributed by atoms with E-state index < -0.39 is 11.4 Å². The molecule has 4 fully saturated rings. The van der Waals surface area contributed by atoms with E-state index in [2.05, 4.69) is 5.32 Å². The van der Waals surface area contributed by atoms with Crippen LogP contribution in [0.4, 0.5) is 0 Å². The molecule has 0 spiro atoms. The van der Waals surface area contributed by atoms with Crippen LogP contribution in [0.2, 0.25) is 0 Å². The number of ether oxygens (including phenoxy) is 4. The van der Waals surface area contributed by atoms with Gasteiger partial charge in [-0.05, 0) is 56.9 Å². The summed E-state index contributed by atoms with van der Waals surface area (Å²) in [6, 6.07) is 10.0. The van der Waals surface area contributed by atoms with Crippen molar-refractivity contribution in [3.63, 3.8) is 0 Å². The smallest absolute Gasteiger partial charge is 0.252 e. The number of hydrogen-bond acceptors (Lipinski definition) is 5. The van der Waals surface area contributed by atoms with Gasteiger partial charge in [0.2, 0.25) is 0 Å². The summed E-state index contributed by atoms with van der Waals surface area (Å²) in [6.45, 7) is 5.69. The van der Waals surface area contributed by atoms with Crippen molar-refractivity contribution >= 4 is 5.91 Å². The van der Waals surface area contributed by atoms with Crippen LogP contribution in [0, 0.1) is 11.8 Å². The topological polar surface area (TPSA) is 66.0 Å². The molecule has 31 heavy (non-hydrogen) atoms. The minimum atomic E-state index is -0.982. The van der Waals surface area contributed by atoms with Crippen LogP contribution in [0.25, 0.3) is 0 Å². The van der Waals surface area contributed by atoms with Gasteiger partial charge in [0.15, 0.2) is 11.4 Å². The maximum atomic E-state index is 13.5. The van der Waals surface area contributed by atoms with Gasteiger partial charge >= 0.3 is 0 Å². The second kappa shape index (κ2) is 8.47. The summed E-state index contributed by atoms with van der Waals surface area (Å²) in [6.07, 6.45) is 5.19. The van der Waals surface area contributed by atoms with E-state index in [9.17, 15) is 4.79 Å². The molecule has 1 aromatic rings. The first-order valence-electron chi connectivity index (χ1n) is 11.9. The Morgan fingerprint density at radius 2 is 1.81 bits per heavy atom. The molecule has 0 aromatic heterocycles. The quantitative estimate of drug-likeness (QED) is 0.650. The Labute approximate surface area is 185 Å². The van der Waals surface area contributed by atoms with Crippen molar-refractivity contribution in [1.29, 1.82) is 0 Å². The van der Waals surface area contributed by atoms with Crippen LogP contribution in [0.1, 0.15) is 57.9 Å². The molecule has 1 N–H and O–H groups in total. The normalized spacial score (nSPS) is 34.3. The molecule has 1 aliphatic heterocycles. The lowest BCUT2D eigenvalue weighted by Crippen LogP contribution is -2.60. The first kappa shape index (κ1) is 21.4. The summed E-state index contributed by atoms with van der Waals surface area (Å²) >= 11 is 0. The van der Waals surface area contributed by atoms with Crippen LogP contribution < -0.4 is 5.32 Å². The van der Waals surface area contributed by atoms with Crippen LogP contribution in [0.3, 0.4) is 0 Å². The first-order valence-corrected chi connectivity index (χ1v) is 11.9. The molecule has 1 heterocycles. The summed E-state index contributed by atoms with van der Waals surface area (Å²) in [5.74, 6) is 0.524. The number of fused-ring (bicyclic) bond motifs is 1. The van der Waals surface area contributed by atoms with Crippen molar-refractivity contribution in [3.8, 4) is 0 Å². The van der Waals surface area contributed by atoms with Crippen molar-refractivity contribution in [3.05, 3.63) is 35.9 Å². The summed E-state index contributed by atoms with van der Waals surface area (Å²) in [7, 11) is 0. The van der Waals surface area contributed by atoms with E-state index >= 15 is 0 Å². The summed E-state index contributed by atoms with van der Waals surface area (Å²) in [5, 5.41) is 3.17. The molecule has 3 saturated carbocycles. The third-order valence-electron chi connectivity index (χ3n) is 6.91. The molecule has 0 bridgehead atoms. The molecule has 4 aliphatic rings. The standard InChI is InChI=1S/C25H35NO5/c1-24(2)30-21-13-25(23(27)26-14-17-8-9-17,29-16-18-6-4-3-5-7-18)12-20(22(21)31-24)28-15-19-10-11-19/h3-7,17,19-22H,8-16H2,1-2H3,(H,26,27)/t20-,21+,22-,25+/m0/s1. The molecular formula is C25H35NO5. The van der Waals surface area contributed by atoms with E-state index in [0.29, 0.717) is 31.3 Å². The Morgan fingerprint density at radius 3 is 2.52 bits per heavy atom. The molecule has 1 saturated heterocycles. The summed E-state index contributed by atoms with van der Waals surface area (Å²) in [4.78, 5) is 13.5. The van der Waals surface area contributed by atoms with Gasteiger partial charge in [-0.1, -0.05) is 30.3 Å². The van der Waals surface area contributed by atoms with Gasteiger partial charge in [0.05, 0.1) is 18.8 Å². The van der Waals surface area contributed by atoms with E-state index in [-0.39, 0.29) is 24.2 Å². The largest absolute Gasteiger partial charge is 0.375 e. The van der Waals surface area contributed by atoms with Crippen LogP contribution in [-0.2, 0) is 30.3 Å². The Morgan fingerprint density at radius 1 is 1.06 bits per heavy atom. The molecular weight excluding hydrogens is 394 g/mol. The molecule has 1 amide bonds. The molecule has 1 aromatic carbocycles. The van der Waals surface area contributed by atoms with Gasteiger partial charge in [0.1, 0.15) is 6.10 Å². The van der Waals surface area contributed by atoms with Crippen molar-refractivity contribution < 1.29 is 23.7 Å². The van der Waals surface area contributed by atoms with Gasteiger partial charge in [0, 0.05) is 26.0 Å². The number of carbonyl (C=O) groups is 1. The van der Waals surface area contributed by atoms with Crippen LogP contribution in [-0.4, -0.2) is 48.8 Å². The monoisotopic (exact) mass is 429 g/mol. The predicted octanol–water partition coefficient (Wildman–Crippen LogP) is 3.58. The number of amides is 1. The number of rotatable bonds is 9. The van der Waals surface area contributed by atoms with E-state index in [1.54, 1.807) is 0 Å². The molecule has 170 valence electrons. The highest BCUT2D eigenvalue weighted by atomic mass is 16.8. The predicted molar refractivity (Wildman–Crippen MR) is 115 cm³/mol. The number of nitrogens with one attached hydrogen (secondary N) is 1. The average molecular weight is 430 g/mol. The van der Waals surface area contributed by atoms with Gasteiger partial charge in [0.25, 0.3) is 5.91 Å². The highest BCUT2D eigenvalue weighted by Crippen LogP contribution is 2.45. The number of carbonyl (C=O) groups excluding carboxylic acids is 1. The zero-order valence-electron chi connectivity index (χ0n) is 18.7. The van der Waals surface area contributed by atoms with Gasteiger partial charge in [-0.15, -0.1) is 0 Å². The SMILES string of the molecule is CC1(C)O[C@H]2[C@@H](OCC3CC3)C[C@](OCc3ccccc3)(C(=O)NCC3CC3)C[C@H]2O1. The average Bonchev–Trinajstić information content (AvgIpc) is 3.67. The van der Waals surface area contributed by atoms with E-state index in [1.807, 2.05) is 44.2 Å². The number of hydrogen-bond donors (Lipinski definition) is 1. The molecule has 6 nitrogen and oxygen atoms in total. The van der Waals surface area contributed by atoms with Gasteiger partial charge in [-0.3, -0.25) is 4.79 Å².